The molecule has 33 heavy (non-hydrogen) atoms. The fraction of sp³-hybridized carbons (Fsp3) is 0.174. The normalized spacial score (nSPS) is 14.9. The minimum absolute atomic E-state index is 0.0213. The first-order valence-electron chi connectivity index (χ1n) is 10.1. The summed E-state index contributed by atoms with van der Waals surface area (Å²) in [6, 6.07) is 11.5. The Morgan fingerprint density at radius 2 is 1.88 bits per heavy atom. The lowest BCUT2D eigenvalue weighted by molar-refractivity contribution is -0.111. The first-order valence-corrected chi connectivity index (χ1v) is 12.5. The summed E-state index contributed by atoms with van der Waals surface area (Å²) in [7, 11) is -3.78. The van der Waals surface area contributed by atoms with E-state index in [-0.39, 0.29) is 29.4 Å². The van der Waals surface area contributed by atoms with E-state index in [2.05, 4.69) is 5.32 Å². The molecule has 4 rings (SSSR count). The Bertz CT molecular complexity index is 1240. The third kappa shape index (κ3) is 5.85. The standard InChI is InChI=1S/C23H21FN2O5S2/c24-18-2-4-19(5-3-18)31-22-7-6-20(33(28,29)26-10-12-30-13-11-26)15-21(22)25-23(27)8-1-17-9-14-32-16-17/h1-9,14-16H,10-13H2,(H,25,27)/b8-1+. The Morgan fingerprint density at radius 3 is 2.58 bits per heavy atom. The Labute approximate surface area is 195 Å². The molecule has 1 fully saturated rings. The van der Waals surface area contributed by atoms with Crippen molar-refractivity contribution in [2.75, 3.05) is 31.6 Å². The maximum atomic E-state index is 13.2. The van der Waals surface area contributed by atoms with Crippen LogP contribution in [0.1, 0.15) is 5.56 Å². The van der Waals surface area contributed by atoms with Gasteiger partial charge in [0.05, 0.1) is 23.8 Å². The van der Waals surface area contributed by atoms with Crippen LogP contribution in [-0.2, 0) is 19.6 Å². The highest BCUT2D eigenvalue weighted by atomic mass is 32.2. The van der Waals surface area contributed by atoms with Crippen molar-refractivity contribution < 1.29 is 27.1 Å². The van der Waals surface area contributed by atoms with Crippen LogP contribution in [0.2, 0.25) is 0 Å². The first kappa shape index (κ1) is 23.1. The molecule has 2 heterocycles. The van der Waals surface area contributed by atoms with Gasteiger partial charge in [0.2, 0.25) is 15.9 Å². The number of halogens is 1. The third-order valence-corrected chi connectivity index (χ3v) is 7.42. The number of sulfonamides is 1. The fourth-order valence-electron chi connectivity index (χ4n) is 3.14. The SMILES string of the molecule is O=C(/C=C/c1ccsc1)Nc1cc(S(=O)(=O)N2CCOCC2)ccc1Oc1ccc(F)cc1. The Kier molecular flexibility index (Phi) is 7.19. The number of amides is 1. The van der Waals surface area contributed by atoms with Crippen LogP contribution < -0.4 is 10.1 Å². The van der Waals surface area contributed by atoms with Crippen molar-refractivity contribution in [1.29, 1.82) is 0 Å². The summed E-state index contributed by atoms with van der Waals surface area (Å²) in [4.78, 5) is 12.6. The molecule has 1 aliphatic rings. The number of benzene rings is 2. The number of carbonyl (C=O) groups excluding carboxylic acids is 1. The molecule has 2 aromatic carbocycles. The average molecular weight is 489 g/mol. The summed E-state index contributed by atoms with van der Waals surface area (Å²) in [5.74, 6) is -0.309. The van der Waals surface area contributed by atoms with Gasteiger partial charge in [0, 0.05) is 19.2 Å². The van der Waals surface area contributed by atoms with E-state index in [1.54, 1.807) is 6.08 Å². The van der Waals surface area contributed by atoms with E-state index in [4.69, 9.17) is 9.47 Å². The Morgan fingerprint density at radius 1 is 1.12 bits per heavy atom. The molecule has 0 atom stereocenters. The number of hydrogen-bond acceptors (Lipinski definition) is 6. The summed E-state index contributed by atoms with van der Waals surface area (Å²) in [5.41, 5.74) is 1.05. The maximum absolute atomic E-state index is 13.2. The van der Waals surface area contributed by atoms with Gasteiger partial charge in [-0.25, -0.2) is 12.8 Å². The van der Waals surface area contributed by atoms with Gasteiger partial charge in [-0.15, -0.1) is 0 Å². The second-order valence-corrected chi connectivity index (χ2v) is 9.83. The quantitative estimate of drug-likeness (QED) is 0.500. The van der Waals surface area contributed by atoms with Gasteiger partial charge in [-0.05, 0) is 70.9 Å². The predicted molar refractivity (Wildman–Crippen MR) is 124 cm³/mol. The number of anilines is 1. The molecular formula is C23H21FN2O5S2. The molecular weight excluding hydrogens is 467 g/mol. The minimum Gasteiger partial charge on any atom is -0.455 e. The molecule has 0 aliphatic carbocycles. The number of nitrogens with zero attached hydrogens (tertiary/aromatic N) is 1. The third-order valence-electron chi connectivity index (χ3n) is 4.83. The first-order chi connectivity index (χ1) is 15.9. The number of carbonyl (C=O) groups is 1. The summed E-state index contributed by atoms with van der Waals surface area (Å²) in [6.07, 6.45) is 3.01. The zero-order chi connectivity index (χ0) is 23.3. The molecule has 0 radical (unpaired) electrons. The largest absolute Gasteiger partial charge is 0.455 e. The lowest BCUT2D eigenvalue weighted by Gasteiger charge is -2.26. The summed E-state index contributed by atoms with van der Waals surface area (Å²) < 4.78 is 51.8. The molecule has 1 saturated heterocycles. The average Bonchev–Trinajstić information content (AvgIpc) is 3.34. The monoisotopic (exact) mass is 488 g/mol. The highest BCUT2D eigenvalue weighted by Crippen LogP contribution is 2.33. The minimum atomic E-state index is -3.78. The lowest BCUT2D eigenvalue weighted by Crippen LogP contribution is -2.40. The van der Waals surface area contributed by atoms with Crippen LogP contribution in [0, 0.1) is 5.82 Å². The van der Waals surface area contributed by atoms with E-state index in [9.17, 15) is 17.6 Å². The lowest BCUT2D eigenvalue weighted by atomic mass is 10.2. The number of rotatable bonds is 7. The molecule has 1 aliphatic heterocycles. The van der Waals surface area contributed by atoms with Crippen LogP contribution in [0.25, 0.3) is 6.08 Å². The van der Waals surface area contributed by atoms with E-state index in [0.29, 0.717) is 19.0 Å². The Balaban J connectivity index is 1.63. The number of nitrogens with one attached hydrogen (secondary N) is 1. The van der Waals surface area contributed by atoms with Crippen molar-refractivity contribution in [2.45, 2.75) is 4.90 Å². The molecule has 0 bridgehead atoms. The van der Waals surface area contributed by atoms with Crippen molar-refractivity contribution in [3.63, 3.8) is 0 Å². The number of ether oxygens (including phenoxy) is 2. The number of morpholine rings is 1. The highest BCUT2D eigenvalue weighted by molar-refractivity contribution is 7.89. The van der Waals surface area contributed by atoms with E-state index in [1.807, 2.05) is 16.8 Å². The molecule has 172 valence electrons. The smallest absolute Gasteiger partial charge is 0.248 e. The second-order valence-electron chi connectivity index (χ2n) is 7.11. The van der Waals surface area contributed by atoms with Gasteiger partial charge in [-0.3, -0.25) is 4.79 Å². The van der Waals surface area contributed by atoms with E-state index < -0.39 is 21.7 Å². The van der Waals surface area contributed by atoms with E-state index in [0.717, 1.165) is 5.56 Å². The van der Waals surface area contributed by atoms with Gasteiger partial charge in [0.25, 0.3) is 0 Å². The van der Waals surface area contributed by atoms with E-state index >= 15 is 0 Å². The summed E-state index contributed by atoms with van der Waals surface area (Å²) in [5, 5.41) is 6.48. The van der Waals surface area contributed by atoms with Crippen LogP contribution >= 0.6 is 11.3 Å². The van der Waals surface area contributed by atoms with Gasteiger partial charge < -0.3 is 14.8 Å². The van der Waals surface area contributed by atoms with Crippen LogP contribution in [0.4, 0.5) is 10.1 Å². The molecule has 1 N–H and O–H groups in total. The van der Waals surface area contributed by atoms with Crippen molar-refractivity contribution >= 4 is 39.0 Å². The number of hydrogen-bond donors (Lipinski definition) is 1. The van der Waals surface area contributed by atoms with Crippen LogP contribution in [0.15, 0.2) is 70.3 Å². The van der Waals surface area contributed by atoms with Gasteiger partial charge >= 0.3 is 0 Å². The zero-order valence-electron chi connectivity index (χ0n) is 17.4. The molecule has 0 unspecified atom stereocenters. The fourth-order valence-corrected chi connectivity index (χ4v) is 5.20. The Hall–Kier alpha value is -3.05. The molecule has 3 aromatic rings. The van der Waals surface area contributed by atoms with Crippen molar-refractivity contribution in [3.05, 3.63) is 76.7 Å². The molecule has 7 nitrogen and oxygen atoms in total. The highest BCUT2D eigenvalue weighted by Gasteiger charge is 2.27. The molecule has 1 amide bonds. The van der Waals surface area contributed by atoms with Crippen LogP contribution in [-0.4, -0.2) is 44.9 Å². The molecule has 10 heteroatoms. The molecule has 1 aromatic heterocycles. The molecule has 0 saturated carbocycles. The predicted octanol–water partition coefficient (Wildman–Crippen LogP) is 4.35. The van der Waals surface area contributed by atoms with E-state index in [1.165, 1.54) is 64.2 Å². The van der Waals surface area contributed by atoms with Crippen LogP contribution in [0.5, 0.6) is 11.5 Å². The topological polar surface area (TPSA) is 84.9 Å². The summed E-state index contributed by atoms with van der Waals surface area (Å²) >= 11 is 1.51. The van der Waals surface area contributed by atoms with Crippen molar-refractivity contribution in [3.8, 4) is 11.5 Å². The van der Waals surface area contributed by atoms with Gasteiger partial charge in [-0.2, -0.15) is 15.6 Å². The van der Waals surface area contributed by atoms with Crippen molar-refractivity contribution in [1.82, 2.24) is 4.31 Å². The van der Waals surface area contributed by atoms with Gasteiger partial charge in [-0.1, -0.05) is 0 Å². The zero-order valence-corrected chi connectivity index (χ0v) is 19.1. The van der Waals surface area contributed by atoms with Gasteiger partial charge in [0.1, 0.15) is 11.6 Å². The molecule has 0 spiro atoms. The number of thiophene rings is 1. The maximum Gasteiger partial charge on any atom is 0.248 e. The van der Waals surface area contributed by atoms with Gasteiger partial charge in [0.15, 0.2) is 5.75 Å². The summed E-state index contributed by atoms with van der Waals surface area (Å²) in [6.45, 7) is 1.15. The van der Waals surface area contributed by atoms with Crippen molar-refractivity contribution in [2.24, 2.45) is 0 Å². The second kappa shape index (κ2) is 10.3. The van der Waals surface area contributed by atoms with Crippen LogP contribution in [0.3, 0.4) is 0 Å².